The van der Waals surface area contributed by atoms with Crippen molar-refractivity contribution in [1.29, 1.82) is 0 Å². The number of nitrogens with one attached hydrogen (secondary N) is 1. The number of hydrogen-bond donors (Lipinski definition) is 1. The fourth-order valence-electron chi connectivity index (χ4n) is 3.58. The molecule has 0 unspecified atom stereocenters. The quantitative estimate of drug-likeness (QED) is 0.739. The van der Waals surface area contributed by atoms with E-state index in [4.69, 9.17) is 16.6 Å². The lowest BCUT2D eigenvalue weighted by Gasteiger charge is -2.24. The van der Waals surface area contributed by atoms with E-state index in [0.29, 0.717) is 5.02 Å². The van der Waals surface area contributed by atoms with Crippen molar-refractivity contribution in [2.75, 3.05) is 43.4 Å². The summed E-state index contributed by atoms with van der Waals surface area (Å²) in [5, 5.41) is 5.34. The lowest BCUT2D eigenvalue weighted by atomic mass is 10.1. The molecule has 0 atom stereocenters. The van der Waals surface area contributed by atoms with Crippen molar-refractivity contribution in [2.45, 2.75) is 13.0 Å². The van der Waals surface area contributed by atoms with Gasteiger partial charge in [-0.05, 0) is 50.3 Å². The molecule has 0 radical (unpaired) electrons. The van der Waals surface area contributed by atoms with Crippen molar-refractivity contribution in [3.63, 3.8) is 0 Å². The third-order valence-electron chi connectivity index (χ3n) is 5.06. The van der Waals surface area contributed by atoms with Crippen molar-refractivity contribution < 1.29 is 0 Å². The minimum Gasteiger partial charge on any atom is -0.380 e. The Kier molecular flexibility index (Phi) is 5.41. The first-order valence-corrected chi connectivity index (χ1v) is 9.74. The van der Waals surface area contributed by atoms with Crippen molar-refractivity contribution in [3.8, 4) is 0 Å². The SMILES string of the molecule is CN1CCCN(c2ncccc2CNc2ccnc3cc(Cl)ccc23)CC1. The zero-order valence-corrected chi connectivity index (χ0v) is 16.3. The Morgan fingerprint density at radius 3 is 2.89 bits per heavy atom. The zero-order valence-electron chi connectivity index (χ0n) is 15.5. The van der Waals surface area contributed by atoms with Gasteiger partial charge in [-0.1, -0.05) is 17.7 Å². The highest BCUT2D eigenvalue weighted by Gasteiger charge is 2.16. The van der Waals surface area contributed by atoms with E-state index in [1.165, 1.54) is 5.56 Å². The zero-order chi connectivity index (χ0) is 18.6. The number of benzene rings is 1. The van der Waals surface area contributed by atoms with Crippen LogP contribution in [0.1, 0.15) is 12.0 Å². The summed E-state index contributed by atoms with van der Waals surface area (Å²) < 4.78 is 0. The molecular weight excluding hydrogens is 358 g/mol. The van der Waals surface area contributed by atoms with Gasteiger partial charge in [-0.15, -0.1) is 0 Å². The van der Waals surface area contributed by atoms with E-state index in [9.17, 15) is 0 Å². The maximum Gasteiger partial charge on any atom is 0.133 e. The Balaban J connectivity index is 1.56. The lowest BCUT2D eigenvalue weighted by molar-refractivity contribution is 0.360. The molecule has 1 N–H and O–H groups in total. The summed E-state index contributed by atoms with van der Waals surface area (Å²) in [5.74, 6) is 1.08. The molecule has 0 spiro atoms. The van der Waals surface area contributed by atoms with Gasteiger partial charge in [0.05, 0.1) is 5.52 Å². The molecule has 5 nitrogen and oxygen atoms in total. The minimum atomic E-state index is 0.702. The fraction of sp³-hybridized carbons (Fsp3) is 0.333. The Morgan fingerprint density at radius 2 is 1.96 bits per heavy atom. The average Bonchev–Trinajstić information content (AvgIpc) is 2.90. The van der Waals surface area contributed by atoms with E-state index in [0.717, 1.165) is 61.6 Å². The van der Waals surface area contributed by atoms with Gasteiger partial charge in [-0.25, -0.2) is 4.98 Å². The first-order valence-electron chi connectivity index (χ1n) is 9.36. The number of fused-ring (bicyclic) bond motifs is 1. The molecule has 4 rings (SSSR count). The molecule has 1 aliphatic heterocycles. The van der Waals surface area contributed by atoms with Gasteiger partial charge in [0, 0.05) is 60.2 Å². The van der Waals surface area contributed by atoms with Crippen LogP contribution in [0.3, 0.4) is 0 Å². The van der Waals surface area contributed by atoms with E-state index in [1.54, 1.807) is 0 Å². The molecule has 1 aromatic carbocycles. The Labute approximate surface area is 165 Å². The Hall–Kier alpha value is -2.37. The van der Waals surface area contributed by atoms with Crippen LogP contribution < -0.4 is 10.2 Å². The average molecular weight is 382 g/mol. The van der Waals surface area contributed by atoms with Crippen molar-refractivity contribution in [2.24, 2.45) is 0 Å². The van der Waals surface area contributed by atoms with Gasteiger partial charge < -0.3 is 15.1 Å². The lowest BCUT2D eigenvalue weighted by Crippen LogP contribution is -2.30. The molecule has 0 saturated carbocycles. The number of hydrogen-bond acceptors (Lipinski definition) is 5. The molecule has 140 valence electrons. The van der Waals surface area contributed by atoms with Gasteiger partial charge in [0.25, 0.3) is 0 Å². The van der Waals surface area contributed by atoms with Crippen LogP contribution >= 0.6 is 11.6 Å². The van der Waals surface area contributed by atoms with Gasteiger partial charge in [-0.2, -0.15) is 0 Å². The highest BCUT2D eigenvalue weighted by atomic mass is 35.5. The van der Waals surface area contributed by atoms with Crippen molar-refractivity contribution in [3.05, 3.63) is 59.4 Å². The van der Waals surface area contributed by atoms with Gasteiger partial charge in [0.15, 0.2) is 0 Å². The first-order chi connectivity index (χ1) is 13.2. The molecular formula is C21H24ClN5. The number of rotatable bonds is 4. The normalized spacial score (nSPS) is 15.7. The monoisotopic (exact) mass is 381 g/mol. The van der Waals surface area contributed by atoms with Crippen LogP contribution in [0.5, 0.6) is 0 Å². The predicted molar refractivity (Wildman–Crippen MR) is 113 cm³/mol. The minimum absolute atomic E-state index is 0.702. The molecule has 1 fully saturated rings. The second-order valence-electron chi connectivity index (χ2n) is 7.00. The number of halogens is 1. The number of likely N-dealkylation sites (N-methyl/N-ethyl adjacent to an activating group) is 1. The van der Waals surface area contributed by atoms with Crippen LogP contribution in [-0.4, -0.2) is 48.1 Å². The molecule has 3 aromatic rings. The Bertz CT molecular complexity index is 929. The number of nitrogens with zero attached hydrogens (tertiary/aromatic N) is 4. The summed E-state index contributed by atoms with van der Waals surface area (Å²) >= 11 is 6.10. The maximum atomic E-state index is 6.10. The van der Waals surface area contributed by atoms with E-state index < -0.39 is 0 Å². The van der Waals surface area contributed by atoms with Crippen LogP contribution in [0, 0.1) is 0 Å². The van der Waals surface area contributed by atoms with Crippen LogP contribution in [0.15, 0.2) is 48.8 Å². The Morgan fingerprint density at radius 1 is 1.04 bits per heavy atom. The third-order valence-corrected chi connectivity index (χ3v) is 5.30. The molecule has 3 heterocycles. The molecule has 0 bridgehead atoms. The van der Waals surface area contributed by atoms with E-state index >= 15 is 0 Å². The second-order valence-corrected chi connectivity index (χ2v) is 7.44. The molecule has 0 aliphatic carbocycles. The molecule has 27 heavy (non-hydrogen) atoms. The predicted octanol–water partition coefficient (Wildman–Crippen LogP) is 4.04. The largest absolute Gasteiger partial charge is 0.380 e. The second kappa shape index (κ2) is 8.11. The van der Waals surface area contributed by atoms with Crippen LogP contribution in [0.25, 0.3) is 10.9 Å². The van der Waals surface area contributed by atoms with Crippen molar-refractivity contribution in [1.82, 2.24) is 14.9 Å². The number of pyridine rings is 2. The summed E-state index contributed by atoms with van der Waals surface area (Å²) in [4.78, 5) is 13.9. The summed E-state index contributed by atoms with van der Waals surface area (Å²) in [6.45, 7) is 4.99. The highest BCUT2D eigenvalue weighted by molar-refractivity contribution is 6.31. The summed E-state index contributed by atoms with van der Waals surface area (Å²) in [5.41, 5.74) is 3.16. The van der Waals surface area contributed by atoms with Crippen LogP contribution in [0.4, 0.5) is 11.5 Å². The molecule has 1 saturated heterocycles. The number of anilines is 2. The van der Waals surface area contributed by atoms with Gasteiger partial charge in [0.1, 0.15) is 5.82 Å². The smallest absolute Gasteiger partial charge is 0.133 e. The van der Waals surface area contributed by atoms with Crippen LogP contribution in [-0.2, 0) is 6.54 Å². The fourth-order valence-corrected chi connectivity index (χ4v) is 3.74. The molecule has 0 amide bonds. The van der Waals surface area contributed by atoms with Crippen LogP contribution in [0.2, 0.25) is 5.02 Å². The highest BCUT2D eigenvalue weighted by Crippen LogP contribution is 2.26. The topological polar surface area (TPSA) is 44.3 Å². The summed E-state index contributed by atoms with van der Waals surface area (Å²) in [6.07, 6.45) is 4.86. The molecule has 1 aliphatic rings. The molecule has 6 heteroatoms. The van der Waals surface area contributed by atoms with E-state index in [1.807, 2.05) is 42.7 Å². The van der Waals surface area contributed by atoms with Gasteiger partial charge in [-0.3, -0.25) is 4.98 Å². The first kappa shape index (κ1) is 18.0. The molecule has 2 aromatic heterocycles. The summed E-state index contributed by atoms with van der Waals surface area (Å²) in [6, 6.07) is 12.0. The number of aromatic nitrogens is 2. The van der Waals surface area contributed by atoms with E-state index in [-0.39, 0.29) is 0 Å². The van der Waals surface area contributed by atoms with Crippen molar-refractivity contribution >= 4 is 34.0 Å². The summed E-state index contributed by atoms with van der Waals surface area (Å²) in [7, 11) is 2.19. The maximum absolute atomic E-state index is 6.10. The van der Waals surface area contributed by atoms with Gasteiger partial charge in [0.2, 0.25) is 0 Å². The standard InChI is InChI=1S/C21H24ClN5/c1-26-10-3-11-27(13-12-26)21-16(4-2-8-24-21)15-25-19-7-9-23-20-14-17(22)5-6-18(19)20/h2,4-9,14H,3,10-13,15H2,1H3,(H,23,25). The third kappa shape index (κ3) is 4.15. The van der Waals surface area contributed by atoms with E-state index in [2.05, 4.69) is 33.2 Å². The van der Waals surface area contributed by atoms with Gasteiger partial charge >= 0.3 is 0 Å².